The molecule has 0 aliphatic rings. The molecule has 1 rings (SSSR count). The molecule has 0 spiro atoms. The van der Waals surface area contributed by atoms with E-state index in [9.17, 15) is 0 Å². The van der Waals surface area contributed by atoms with Gasteiger partial charge in [0.05, 0.1) is 0 Å². The summed E-state index contributed by atoms with van der Waals surface area (Å²) in [7, 11) is 2.01. The van der Waals surface area contributed by atoms with Crippen LogP contribution in [-0.2, 0) is 6.42 Å². The minimum absolute atomic E-state index is 0.627. The Morgan fingerprint density at radius 1 is 1.29 bits per heavy atom. The summed E-state index contributed by atoms with van der Waals surface area (Å²) < 4.78 is 0. The Morgan fingerprint density at radius 3 is 2.57 bits per heavy atom. The number of hydrogen-bond donors (Lipinski definition) is 1. The second-order valence-electron chi connectivity index (χ2n) is 4.15. The average molecular weight is 191 g/mol. The number of likely N-dealkylation sites (N-methyl/N-ethyl adjacent to an activating group) is 1. The van der Waals surface area contributed by atoms with Crippen molar-refractivity contribution in [2.45, 2.75) is 33.1 Å². The number of aryl methyl sites for hydroxylation is 1. The molecule has 0 bridgehead atoms. The van der Waals surface area contributed by atoms with Crippen LogP contribution < -0.4 is 5.32 Å². The zero-order valence-electron chi connectivity index (χ0n) is 9.72. The van der Waals surface area contributed by atoms with Crippen LogP contribution in [0.4, 0.5) is 0 Å². The van der Waals surface area contributed by atoms with Gasteiger partial charge < -0.3 is 5.32 Å². The zero-order chi connectivity index (χ0) is 10.6. The van der Waals surface area contributed by atoms with Gasteiger partial charge in [0.1, 0.15) is 0 Å². The third-order valence-corrected chi connectivity index (χ3v) is 2.69. The highest BCUT2D eigenvalue weighted by atomic mass is 14.8. The van der Waals surface area contributed by atoms with Gasteiger partial charge in [0.15, 0.2) is 0 Å². The van der Waals surface area contributed by atoms with Gasteiger partial charge in [-0.25, -0.2) is 0 Å². The SMILES string of the molecule is CNCCc1c(C)cccc1C(C)C. The van der Waals surface area contributed by atoms with Gasteiger partial charge in [0.2, 0.25) is 0 Å². The Kier molecular flexibility index (Phi) is 4.15. The lowest BCUT2D eigenvalue weighted by Gasteiger charge is -2.15. The Bertz CT molecular complexity index is 289. The lowest BCUT2D eigenvalue weighted by atomic mass is 9.92. The van der Waals surface area contributed by atoms with Crippen LogP contribution in [0.15, 0.2) is 18.2 Å². The topological polar surface area (TPSA) is 12.0 Å². The summed E-state index contributed by atoms with van der Waals surface area (Å²) in [5, 5.41) is 3.21. The molecule has 78 valence electrons. The van der Waals surface area contributed by atoms with E-state index in [1.165, 1.54) is 16.7 Å². The van der Waals surface area contributed by atoms with Gasteiger partial charge in [-0.1, -0.05) is 32.0 Å². The maximum Gasteiger partial charge on any atom is -0.00112 e. The maximum atomic E-state index is 3.21. The fourth-order valence-electron chi connectivity index (χ4n) is 1.86. The van der Waals surface area contributed by atoms with Crippen molar-refractivity contribution in [2.24, 2.45) is 0 Å². The van der Waals surface area contributed by atoms with Crippen LogP contribution in [0.2, 0.25) is 0 Å². The van der Waals surface area contributed by atoms with E-state index in [1.54, 1.807) is 0 Å². The summed E-state index contributed by atoms with van der Waals surface area (Å²) in [4.78, 5) is 0. The van der Waals surface area contributed by atoms with Crippen molar-refractivity contribution in [2.75, 3.05) is 13.6 Å². The number of hydrogen-bond acceptors (Lipinski definition) is 1. The molecule has 14 heavy (non-hydrogen) atoms. The average Bonchev–Trinajstić information content (AvgIpc) is 2.15. The standard InChI is InChI=1S/C13H21N/c1-10(2)12-7-5-6-11(3)13(12)8-9-14-4/h5-7,10,14H,8-9H2,1-4H3. The molecular formula is C13H21N. The first-order valence-corrected chi connectivity index (χ1v) is 5.39. The van der Waals surface area contributed by atoms with E-state index in [-0.39, 0.29) is 0 Å². The molecule has 0 aromatic heterocycles. The quantitative estimate of drug-likeness (QED) is 0.771. The first kappa shape index (κ1) is 11.3. The second kappa shape index (κ2) is 5.16. The highest BCUT2D eigenvalue weighted by Crippen LogP contribution is 2.22. The first-order valence-electron chi connectivity index (χ1n) is 5.39. The fraction of sp³-hybridized carbons (Fsp3) is 0.538. The van der Waals surface area contributed by atoms with Crippen LogP contribution in [0.3, 0.4) is 0 Å². The number of benzene rings is 1. The van der Waals surface area contributed by atoms with Crippen LogP contribution in [0, 0.1) is 6.92 Å². The normalized spacial score (nSPS) is 10.9. The molecule has 1 aromatic carbocycles. The van der Waals surface area contributed by atoms with Crippen molar-refractivity contribution in [3.05, 3.63) is 34.9 Å². The molecule has 0 amide bonds. The molecule has 1 N–H and O–H groups in total. The lowest BCUT2D eigenvalue weighted by molar-refractivity contribution is 0.764. The third-order valence-electron chi connectivity index (χ3n) is 2.69. The summed E-state index contributed by atoms with van der Waals surface area (Å²) in [6.07, 6.45) is 1.14. The van der Waals surface area contributed by atoms with E-state index in [4.69, 9.17) is 0 Å². The first-order chi connectivity index (χ1) is 6.66. The maximum absolute atomic E-state index is 3.21. The molecule has 0 heterocycles. The molecule has 0 unspecified atom stereocenters. The molecule has 1 aromatic rings. The van der Waals surface area contributed by atoms with E-state index in [0.717, 1.165) is 13.0 Å². The predicted octanol–water partition coefficient (Wildman–Crippen LogP) is 2.88. The van der Waals surface area contributed by atoms with E-state index < -0.39 is 0 Å². The van der Waals surface area contributed by atoms with Crippen molar-refractivity contribution in [1.29, 1.82) is 0 Å². The minimum atomic E-state index is 0.627. The predicted molar refractivity (Wildman–Crippen MR) is 62.9 cm³/mol. The third kappa shape index (κ3) is 2.58. The molecule has 0 saturated heterocycles. The van der Waals surface area contributed by atoms with Gasteiger partial charge in [-0.15, -0.1) is 0 Å². The minimum Gasteiger partial charge on any atom is -0.319 e. The Hall–Kier alpha value is -0.820. The molecule has 0 atom stereocenters. The van der Waals surface area contributed by atoms with Gasteiger partial charge in [-0.2, -0.15) is 0 Å². The molecule has 1 nitrogen and oxygen atoms in total. The Balaban J connectivity index is 2.96. The number of nitrogens with one attached hydrogen (secondary N) is 1. The van der Waals surface area contributed by atoms with Crippen molar-refractivity contribution >= 4 is 0 Å². The lowest BCUT2D eigenvalue weighted by Crippen LogP contribution is -2.12. The number of rotatable bonds is 4. The highest BCUT2D eigenvalue weighted by Gasteiger charge is 2.07. The van der Waals surface area contributed by atoms with Crippen molar-refractivity contribution in [1.82, 2.24) is 5.32 Å². The van der Waals surface area contributed by atoms with Crippen LogP contribution in [0.25, 0.3) is 0 Å². The van der Waals surface area contributed by atoms with E-state index in [2.05, 4.69) is 44.3 Å². The van der Waals surface area contributed by atoms with Crippen LogP contribution in [0.1, 0.15) is 36.5 Å². The van der Waals surface area contributed by atoms with Gasteiger partial charge in [-0.05, 0) is 49.5 Å². The molecule has 0 aliphatic heterocycles. The highest BCUT2D eigenvalue weighted by molar-refractivity contribution is 5.36. The summed E-state index contributed by atoms with van der Waals surface area (Å²) in [5.41, 5.74) is 4.45. The van der Waals surface area contributed by atoms with Crippen molar-refractivity contribution < 1.29 is 0 Å². The van der Waals surface area contributed by atoms with Gasteiger partial charge in [0, 0.05) is 0 Å². The zero-order valence-corrected chi connectivity index (χ0v) is 9.72. The van der Waals surface area contributed by atoms with Gasteiger partial charge >= 0.3 is 0 Å². The Labute approximate surface area is 87.5 Å². The monoisotopic (exact) mass is 191 g/mol. The largest absolute Gasteiger partial charge is 0.319 e. The Morgan fingerprint density at radius 2 is 2.00 bits per heavy atom. The molecular weight excluding hydrogens is 170 g/mol. The van der Waals surface area contributed by atoms with Crippen LogP contribution in [-0.4, -0.2) is 13.6 Å². The summed E-state index contributed by atoms with van der Waals surface area (Å²) >= 11 is 0. The van der Waals surface area contributed by atoms with Gasteiger partial charge in [0.25, 0.3) is 0 Å². The second-order valence-corrected chi connectivity index (χ2v) is 4.15. The summed E-state index contributed by atoms with van der Waals surface area (Å²) in [6, 6.07) is 6.62. The van der Waals surface area contributed by atoms with Gasteiger partial charge in [-0.3, -0.25) is 0 Å². The molecule has 0 aliphatic carbocycles. The van der Waals surface area contributed by atoms with Crippen LogP contribution in [0.5, 0.6) is 0 Å². The van der Waals surface area contributed by atoms with Crippen LogP contribution >= 0.6 is 0 Å². The van der Waals surface area contributed by atoms with Crippen molar-refractivity contribution in [3.63, 3.8) is 0 Å². The summed E-state index contributed by atoms with van der Waals surface area (Å²) in [5.74, 6) is 0.627. The molecule has 0 radical (unpaired) electrons. The van der Waals surface area contributed by atoms with E-state index in [1.807, 2.05) is 7.05 Å². The smallest absolute Gasteiger partial charge is 0.00112 e. The molecule has 1 heteroatoms. The molecule has 0 saturated carbocycles. The fourth-order valence-corrected chi connectivity index (χ4v) is 1.86. The van der Waals surface area contributed by atoms with E-state index >= 15 is 0 Å². The molecule has 0 fully saturated rings. The van der Waals surface area contributed by atoms with Crippen molar-refractivity contribution in [3.8, 4) is 0 Å². The van der Waals surface area contributed by atoms with E-state index in [0.29, 0.717) is 5.92 Å². The summed E-state index contributed by atoms with van der Waals surface area (Å²) in [6.45, 7) is 7.79.